The van der Waals surface area contributed by atoms with Crippen molar-refractivity contribution in [2.24, 2.45) is 0 Å². The molecule has 1 aromatic carbocycles. The third-order valence-corrected chi connectivity index (χ3v) is 6.78. The van der Waals surface area contributed by atoms with Crippen molar-refractivity contribution in [1.82, 2.24) is 30.0 Å². The number of rotatable bonds is 6. The van der Waals surface area contributed by atoms with Crippen LogP contribution < -0.4 is 4.90 Å². The molecule has 164 valence electrons. The Morgan fingerprint density at radius 3 is 2.20 bits per heavy atom. The smallest absolute Gasteiger partial charge is 0.173 e. The normalized spacial score (nSPS) is 20.6. The first-order valence-corrected chi connectivity index (χ1v) is 11.6. The summed E-state index contributed by atoms with van der Waals surface area (Å²) < 4.78 is 1.98. The molecule has 1 aliphatic carbocycles. The van der Waals surface area contributed by atoms with Crippen molar-refractivity contribution in [2.45, 2.75) is 64.1 Å². The van der Waals surface area contributed by atoms with Crippen LogP contribution in [0.4, 0.5) is 5.69 Å². The van der Waals surface area contributed by atoms with Gasteiger partial charge in [0.15, 0.2) is 5.82 Å². The monoisotopic (exact) mass is 411 g/mol. The molecule has 2 fully saturated rings. The number of nitrogens with zero attached hydrogens (tertiary/aromatic N) is 7. The summed E-state index contributed by atoms with van der Waals surface area (Å²) in [5, 5.41) is 12.8. The van der Waals surface area contributed by atoms with Gasteiger partial charge in [-0.25, -0.2) is 4.68 Å². The van der Waals surface area contributed by atoms with E-state index in [0.717, 1.165) is 38.0 Å². The molecule has 2 aromatic rings. The first kappa shape index (κ1) is 21.2. The molecule has 4 rings (SSSR count). The molecule has 1 atom stereocenters. The summed E-state index contributed by atoms with van der Waals surface area (Å²) in [4.78, 5) is 7.45. The van der Waals surface area contributed by atoms with Crippen molar-refractivity contribution in [3.63, 3.8) is 0 Å². The number of anilines is 1. The van der Waals surface area contributed by atoms with E-state index < -0.39 is 0 Å². The fraction of sp³-hybridized carbons (Fsp3) is 0.696. The molecule has 0 N–H and O–H groups in total. The second-order valence-corrected chi connectivity index (χ2v) is 9.33. The molecule has 7 heteroatoms. The van der Waals surface area contributed by atoms with Gasteiger partial charge in [0.2, 0.25) is 0 Å². The van der Waals surface area contributed by atoms with E-state index in [-0.39, 0.29) is 12.1 Å². The van der Waals surface area contributed by atoms with Crippen molar-refractivity contribution in [3.05, 3.63) is 35.7 Å². The average molecular weight is 412 g/mol. The standard InChI is InChI=1S/C23H37N7/c1-18(2)30-23(24-25-26-30)22(19-10-12-20(13-11-19)27(3)4)29-16-14-28(15-17-29)21-8-6-5-7-9-21/h10-13,18,21-22H,5-9,14-17H2,1-4H3/t22-/m0/s1. The van der Waals surface area contributed by atoms with E-state index in [1.807, 2.05) is 4.68 Å². The summed E-state index contributed by atoms with van der Waals surface area (Å²) in [5.74, 6) is 0.953. The third-order valence-electron chi connectivity index (χ3n) is 6.78. The SMILES string of the molecule is CC(C)n1nnnc1[C@H](c1ccc(N(C)C)cc1)N1CCN(C2CCCCC2)CC1. The van der Waals surface area contributed by atoms with Crippen LogP contribution in [0.25, 0.3) is 0 Å². The Labute approximate surface area is 181 Å². The average Bonchev–Trinajstić information content (AvgIpc) is 3.25. The molecular weight excluding hydrogens is 374 g/mol. The number of hydrogen-bond donors (Lipinski definition) is 0. The minimum absolute atomic E-state index is 0.0899. The van der Waals surface area contributed by atoms with Crippen molar-refractivity contribution in [3.8, 4) is 0 Å². The molecule has 0 radical (unpaired) electrons. The van der Waals surface area contributed by atoms with Crippen molar-refractivity contribution < 1.29 is 0 Å². The molecule has 0 unspecified atom stereocenters. The first-order valence-electron chi connectivity index (χ1n) is 11.6. The summed E-state index contributed by atoms with van der Waals surface area (Å²) in [5.41, 5.74) is 2.48. The molecule has 0 amide bonds. The van der Waals surface area contributed by atoms with Gasteiger partial charge < -0.3 is 4.90 Å². The van der Waals surface area contributed by atoms with E-state index in [4.69, 9.17) is 0 Å². The van der Waals surface area contributed by atoms with Crippen LogP contribution in [0.3, 0.4) is 0 Å². The van der Waals surface area contributed by atoms with Crippen LogP contribution in [-0.2, 0) is 0 Å². The Balaban J connectivity index is 1.57. The van der Waals surface area contributed by atoms with E-state index >= 15 is 0 Å². The lowest BCUT2D eigenvalue weighted by molar-refractivity contribution is 0.0617. The highest BCUT2D eigenvalue weighted by atomic mass is 15.6. The highest BCUT2D eigenvalue weighted by Gasteiger charge is 2.33. The molecule has 0 bridgehead atoms. The van der Waals surface area contributed by atoms with Gasteiger partial charge in [-0.2, -0.15) is 0 Å². The highest BCUT2D eigenvalue weighted by Crippen LogP contribution is 2.31. The van der Waals surface area contributed by atoms with Crippen LogP contribution in [0.5, 0.6) is 0 Å². The second kappa shape index (κ2) is 9.43. The Kier molecular flexibility index (Phi) is 6.68. The second-order valence-electron chi connectivity index (χ2n) is 9.33. The van der Waals surface area contributed by atoms with Crippen molar-refractivity contribution in [2.75, 3.05) is 45.2 Å². The maximum atomic E-state index is 4.49. The number of tetrazole rings is 1. The number of benzene rings is 1. The summed E-state index contributed by atoms with van der Waals surface area (Å²) in [6, 6.07) is 10.0. The van der Waals surface area contributed by atoms with Crippen LogP contribution in [0, 0.1) is 0 Å². The molecule has 7 nitrogen and oxygen atoms in total. The van der Waals surface area contributed by atoms with Crippen molar-refractivity contribution in [1.29, 1.82) is 0 Å². The molecule has 1 aliphatic heterocycles. The van der Waals surface area contributed by atoms with Gasteiger partial charge in [-0.05, 0) is 54.8 Å². The zero-order chi connectivity index (χ0) is 21.1. The van der Waals surface area contributed by atoms with Gasteiger partial charge in [0.05, 0.1) is 12.1 Å². The zero-order valence-electron chi connectivity index (χ0n) is 19.0. The van der Waals surface area contributed by atoms with E-state index in [1.54, 1.807) is 0 Å². The number of piperazine rings is 1. The van der Waals surface area contributed by atoms with E-state index in [0.29, 0.717) is 0 Å². The zero-order valence-corrected chi connectivity index (χ0v) is 19.0. The first-order chi connectivity index (χ1) is 14.5. The lowest BCUT2D eigenvalue weighted by atomic mass is 9.93. The Morgan fingerprint density at radius 1 is 0.933 bits per heavy atom. The Morgan fingerprint density at radius 2 is 1.60 bits per heavy atom. The molecule has 2 heterocycles. The van der Waals surface area contributed by atoms with Crippen LogP contribution in [-0.4, -0.2) is 76.3 Å². The lowest BCUT2D eigenvalue weighted by Crippen LogP contribution is -2.52. The minimum Gasteiger partial charge on any atom is -0.378 e. The Bertz CT molecular complexity index is 784. The quantitative estimate of drug-likeness (QED) is 0.727. The third kappa shape index (κ3) is 4.52. The molecule has 1 saturated heterocycles. The van der Waals surface area contributed by atoms with Crippen LogP contribution in [0.2, 0.25) is 0 Å². The molecule has 2 aliphatic rings. The van der Waals surface area contributed by atoms with Gasteiger partial charge >= 0.3 is 0 Å². The summed E-state index contributed by atoms with van der Waals surface area (Å²) in [6.45, 7) is 8.68. The summed E-state index contributed by atoms with van der Waals surface area (Å²) in [7, 11) is 4.16. The van der Waals surface area contributed by atoms with Crippen molar-refractivity contribution >= 4 is 5.69 Å². The largest absolute Gasteiger partial charge is 0.378 e. The van der Waals surface area contributed by atoms with Gasteiger partial charge in [-0.15, -0.1) is 5.10 Å². The van der Waals surface area contributed by atoms with E-state index in [1.165, 1.54) is 43.4 Å². The topological polar surface area (TPSA) is 53.3 Å². The van der Waals surface area contributed by atoms with Crippen LogP contribution in [0.1, 0.15) is 69.4 Å². The van der Waals surface area contributed by atoms with Gasteiger partial charge in [0, 0.05) is 52.0 Å². The predicted molar refractivity (Wildman–Crippen MR) is 121 cm³/mol. The van der Waals surface area contributed by atoms with Crippen LogP contribution in [0.15, 0.2) is 24.3 Å². The molecule has 1 aromatic heterocycles. The maximum absolute atomic E-state index is 4.49. The minimum atomic E-state index is 0.0899. The van der Waals surface area contributed by atoms with E-state index in [2.05, 4.69) is 82.4 Å². The lowest BCUT2D eigenvalue weighted by Gasteiger charge is -2.43. The molecule has 1 saturated carbocycles. The predicted octanol–water partition coefficient (Wildman–Crippen LogP) is 3.36. The molecule has 30 heavy (non-hydrogen) atoms. The summed E-state index contributed by atoms with van der Waals surface area (Å²) >= 11 is 0. The van der Waals surface area contributed by atoms with E-state index in [9.17, 15) is 0 Å². The molecule has 0 spiro atoms. The van der Waals surface area contributed by atoms with Crippen LogP contribution >= 0.6 is 0 Å². The Hall–Kier alpha value is -1.99. The fourth-order valence-electron chi connectivity index (χ4n) is 5.03. The number of aromatic nitrogens is 4. The summed E-state index contributed by atoms with van der Waals surface area (Å²) in [6.07, 6.45) is 6.96. The van der Waals surface area contributed by atoms with Gasteiger partial charge in [-0.1, -0.05) is 31.4 Å². The van der Waals surface area contributed by atoms with Gasteiger partial charge in [0.1, 0.15) is 0 Å². The number of hydrogen-bond acceptors (Lipinski definition) is 6. The maximum Gasteiger partial charge on any atom is 0.173 e. The van der Waals surface area contributed by atoms with Gasteiger partial charge in [-0.3, -0.25) is 9.80 Å². The molecular formula is C23H37N7. The highest BCUT2D eigenvalue weighted by molar-refractivity contribution is 5.47. The van der Waals surface area contributed by atoms with Gasteiger partial charge in [0.25, 0.3) is 0 Å². The fourth-order valence-corrected chi connectivity index (χ4v) is 5.03.